The molecule has 0 saturated heterocycles. The molecule has 7 nitrogen and oxygen atoms in total. The average molecular weight is 350 g/mol. The molecule has 24 heavy (non-hydrogen) atoms. The van der Waals surface area contributed by atoms with Crippen LogP contribution in [-0.2, 0) is 9.53 Å². The number of carbonyl (C=O) groups is 1. The van der Waals surface area contributed by atoms with E-state index >= 15 is 0 Å². The number of ether oxygens (including phenoxy) is 1. The summed E-state index contributed by atoms with van der Waals surface area (Å²) < 4.78 is 4.84. The van der Waals surface area contributed by atoms with Crippen molar-refractivity contribution in [2.75, 3.05) is 13.2 Å². The summed E-state index contributed by atoms with van der Waals surface area (Å²) in [6, 6.07) is 0. The van der Waals surface area contributed by atoms with Gasteiger partial charge in [0.25, 0.3) is 0 Å². The van der Waals surface area contributed by atoms with Gasteiger partial charge in [-0.15, -0.1) is 0 Å². The van der Waals surface area contributed by atoms with Crippen LogP contribution in [0.2, 0.25) is 0 Å². The molecule has 0 unspecified atom stereocenters. The number of hydrogen-bond donors (Lipinski definition) is 5. The molecular weight excluding hydrogens is 316 g/mol. The third-order valence-corrected chi connectivity index (χ3v) is 3.97. The number of hydrogen-bond acceptors (Lipinski definition) is 7. The van der Waals surface area contributed by atoms with Crippen LogP contribution in [0.4, 0.5) is 0 Å². The summed E-state index contributed by atoms with van der Waals surface area (Å²) in [5, 5.41) is 46.5. The summed E-state index contributed by atoms with van der Waals surface area (Å²) in [7, 11) is 0. The van der Waals surface area contributed by atoms with Crippen molar-refractivity contribution in [1.29, 1.82) is 0 Å². The van der Waals surface area contributed by atoms with Gasteiger partial charge in [-0.1, -0.05) is 51.9 Å². The fourth-order valence-corrected chi connectivity index (χ4v) is 2.32. The third kappa shape index (κ3) is 10.9. The van der Waals surface area contributed by atoms with E-state index in [2.05, 4.69) is 6.92 Å². The van der Waals surface area contributed by atoms with Crippen LogP contribution in [-0.4, -0.2) is 69.1 Å². The van der Waals surface area contributed by atoms with Gasteiger partial charge in [0, 0.05) is 6.42 Å². The van der Waals surface area contributed by atoms with E-state index in [0.717, 1.165) is 19.3 Å². The Kier molecular flexibility index (Phi) is 14.2. The van der Waals surface area contributed by atoms with Crippen molar-refractivity contribution >= 4 is 5.97 Å². The van der Waals surface area contributed by atoms with Crippen molar-refractivity contribution in [3.8, 4) is 0 Å². The summed E-state index contributed by atoms with van der Waals surface area (Å²) in [5.41, 5.74) is 0. The second-order valence-corrected chi connectivity index (χ2v) is 6.21. The maximum absolute atomic E-state index is 11.5. The Morgan fingerprint density at radius 2 is 1.33 bits per heavy atom. The van der Waals surface area contributed by atoms with Crippen molar-refractivity contribution in [3.63, 3.8) is 0 Å². The van der Waals surface area contributed by atoms with Crippen molar-refractivity contribution in [2.24, 2.45) is 0 Å². The number of esters is 1. The zero-order chi connectivity index (χ0) is 18.4. The first kappa shape index (κ1) is 23.3. The number of unbranched alkanes of at least 4 members (excludes halogenated alkanes) is 7. The monoisotopic (exact) mass is 350 g/mol. The van der Waals surface area contributed by atoms with Crippen LogP contribution in [0.1, 0.15) is 64.7 Å². The number of aliphatic hydroxyl groups is 5. The molecule has 0 saturated carbocycles. The summed E-state index contributed by atoms with van der Waals surface area (Å²) >= 11 is 0. The normalized spacial score (nSPS) is 16.4. The molecule has 0 aromatic carbocycles. The van der Waals surface area contributed by atoms with E-state index in [-0.39, 0.29) is 6.42 Å². The second kappa shape index (κ2) is 14.6. The zero-order valence-electron chi connectivity index (χ0n) is 14.6. The van der Waals surface area contributed by atoms with Gasteiger partial charge in [0.05, 0.1) is 6.61 Å². The predicted octanol–water partition coefficient (Wildman–Crippen LogP) is 0.496. The molecule has 0 aliphatic rings. The van der Waals surface area contributed by atoms with Crippen LogP contribution in [0.15, 0.2) is 0 Å². The van der Waals surface area contributed by atoms with Crippen LogP contribution in [0, 0.1) is 0 Å². The van der Waals surface area contributed by atoms with Gasteiger partial charge in [-0.3, -0.25) is 4.79 Å². The first-order chi connectivity index (χ1) is 11.4. The molecule has 0 aromatic rings. The van der Waals surface area contributed by atoms with E-state index in [9.17, 15) is 25.2 Å². The third-order valence-electron chi connectivity index (χ3n) is 3.97. The maximum Gasteiger partial charge on any atom is 0.305 e. The van der Waals surface area contributed by atoms with Crippen molar-refractivity contribution < 1.29 is 35.1 Å². The van der Waals surface area contributed by atoms with Gasteiger partial charge in [0.1, 0.15) is 31.0 Å². The fourth-order valence-electron chi connectivity index (χ4n) is 2.32. The van der Waals surface area contributed by atoms with Gasteiger partial charge in [-0.05, 0) is 6.42 Å². The van der Waals surface area contributed by atoms with Gasteiger partial charge < -0.3 is 30.3 Å². The molecule has 7 heteroatoms. The first-order valence-corrected chi connectivity index (χ1v) is 8.92. The smallest absolute Gasteiger partial charge is 0.305 e. The molecule has 0 bridgehead atoms. The molecule has 4 atom stereocenters. The van der Waals surface area contributed by atoms with Crippen LogP contribution in [0.3, 0.4) is 0 Å². The largest absolute Gasteiger partial charge is 0.463 e. The quantitative estimate of drug-likeness (QED) is 0.215. The Bertz CT molecular complexity index is 311. The molecule has 5 N–H and O–H groups in total. The number of aliphatic hydroxyl groups excluding tert-OH is 5. The Balaban J connectivity index is 3.70. The SMILES string of the molecule is CCCCCCCCCCC(=O)OC[C@@H](O)[C@@H](O)[C@H](O)[C@H](O)CO. The molecule has 0 aliphatic heterocycles. The Morgan fingerprint density at radius 3 is 1.88 bits per heavy atom. The molecule has 144 valence electrons. The lowest BCUT2D eigenvalue weighted by Gasteiger charge is -2.25. The lowest BCUT2D eigenvalue weighted by molar-refractivity contribution is -0.156. The highest BCUT2D eigenvalue weighted by atomic mass is 16.5. The van der Waals surface area contributed by atoms with Gasteiger partial charge in [-0.25, -0.2) is 0 Å². The molecular formula is C17H34O7. The fraction of sp³-hybridized carbons (Fsp3) is 0.941. The minimum atomic E-state index is -1.71. The molecule has 0 aromatic heterocycles. The predicted molar refractivity (Wildman–Crippen MR) is 89.3 cm³/mol. The molecule has 0 fully saturated rings. The van der Waals surface area contributed by atoms with E-state index in [1.165, 1.54) is 32.1 Å². The van der Waals surface area contributed by atoms with E-state index in [1.807, 2.05) is 0 Å². The van der Waals surface area contributed by atoms with E-state index in [4.69, 9.17) is 9.84 Å². The molecule has 0 rings (SSSR count). The van der Waals surface area contributed by atoms with Gasteiger partial charge in [0.15, 0.2) is 0 Å². The minimum absolute atomic E-state index is 0.250. The van der Waals surface area contributed by atoms with E-state index in [1.54, 1.807) is 0 Å². The summed E-state index contributed by atoms with van der Waals surface area (Å²) in [6.07, 6.45) is 2.65. The highest BCUT2D eigenvalue weighted by Crippen LogP contribution is 2.10. The standard InChI is InChI=1S/C17H34O7/c1-2-3-4-5-6-7-8-9-10-15(21)24-12-14(20)17(23)16(22)13(19)11-18/h13-14,16-20,22-23H,2-12H2,1H3/t13-,14-,16-,17-/m1/s1. The summed E-state index contributed by atoms with van der Waals surface area (Å²) in [6.45, 7) is 0.965. The maximum atomic E-state index is 11.5. The molecule has 0 aliphatic carbocycles. The average Bonchev–Trinajstić information content (AvgIpc) is 2.59. The topological polar surface area (TPSA) is 127 Å². The minimum Gasteiger partial charge on any atom is -0.463 e. The first-order valence-electron chi connectivity index (χ1n) is 8.92. The van der Waals surface area contributed by atoms with Gasteiger partial charge >= 0.3 is 5.97 Å². The molecule has 0 amide bonds. The van der Waals surface area contributed by atoms with E-state index < -0.39 is 43.6 Å². The summed E-state index contributed by atoms with van der Waals surface area (Å²) in [4.78, 5) is 11.5. The second-order valence-electron chi connectivity index (χ2n) is 6.21. The Hall–Kier alpha value is -0.730. The van der Waals surface area contributed by atoms with Crippen LogP contribution < -0.4 is 0 Å². The van der Waals surface area contributed by atoms with Gasteiger partial charge in [0.2, 0.25) is 0 Å². The zero-order valence-corrected chi connectivity index (χ0v) is 14.6. The number of carbonyl (C=O) groups excluding carboxylic acids is 1. The van der Waals surface area contributed by atoms with Crippen LogP contribution in [0.25, 0.3) is 0 Å². The summed E-state index contributed by atoms with van der Waals surface area (Å²) in [5.74, 6) is -0.468. The highest BCUT2D eigenvalue weighted by molar-refractivity contribution is 5.69. The van der Waals surface area contributed by atoms with E-state index in [0.29, 0.717) is 0 Å². The molecule has 0 radical (unpaired) electrons. The van der Waals surface area contributed by atoms with Crippen molar-refractivity contribution in [1.82, 2.24) is 0 Å². The van der Waals surface area contributed by atoms with Crippen molar-refractivity contribution in [2.45, 2.75) is 89.1 Å². The Labute approximate surface area is 144 Å². The lowest BCUT2D eigenvalue weighted by Crippen LogP contribution is -2.47. The lowest BCUT2D eigenvalue weighted by atomic mass is 10.0. The van der Waals surface area contributed by atoms with Gasteiger partial charge in [-0.2, -0.15) is 0 Å². The van der Waals surface area contributed by atoms with Crippen LogP contribution in [0.5, 0.6) is 0 Å². The van der Waals surface area contributed by atoms with Crippen LogP contribution >= 0.6 is 0 Å². The molecule has 0 spiro atoms. The Morgan fingerprint density at radius 1 is 0.833 bits per heavy atom. The number of rotatable bonds is 15. The van der Waals surface area contributed by atoms with Crippen molar-refractivity contribution in [3.05, 3.63) is 0 Å². The molecule has 0 heterocycles. The highest BCUT2D eigenvalue weighted by Gasteiger charge is 2.30.